The van der Waals surface area contributed by atoms with Crippen LogP contribution >= 0.6 is 0 Å². The summed E-state index contributed by atoms with van der Waals surface area (Å²) in [5.41, 5.74) is 2.98. The molecule has 0 aromatic heterocycles. The van der Waals surface area contributed by atoms with E-state index in [2.05, 4.69) is 51.9 Å². The first-order valence-corrected chi connectivity index (χ1v) is 12.4. The highest BCUT2D eigenvalue weighted by Crippen LogP contribution is 2.67. The van der Waals surface area contributed by atoms with E-state index < -0.39 is 0 Å². The van der Waals surface area contributed by atoms with Crippen LogP contribution in [0.2, 0.25) is 0 Å². The number of oxime groups is 1. The molecule has 0 aromatic carbocycles. The third-order valence-electron chi connectivity index (χ3n) is 9.89. The van der Waals surface area contributed by atoms with Crippen LogP contribution in [-0.2, 0) is 0 Å². The quantitative estimate of drug-likeness (QED) is 0.375. The summed E-state index contributed by atoms with van der Waals surface area (Å²) in [6.45, 7) is 12.4. The average molecular weight is 398 g/mol. The zero-order valence-corrected chi connectivity index (χ0v) is 19.5. The van der Waals surface area contributed by atoms with E-state index in [4.69, 9.17) is 0 Å². The Morgan fingerprint density at radius 2 is 1.86 bits per heavy atom. The molecule has 0 spiro atoms. The fraction of sp³-hybridized carbons (Fsp3) is 0.815. The Kier molecular flexibility index (Phi) is 5.77. The molecular weight excluding hydrogens is 354 g/mol. The van der Waals surface area contributed by atoms with E-state index in [0.29, 0.717) is 5.41 Å². The van der Waals surface area contributed by atoms with Gasteiger partial charge in [-0.25, -0.2) is 0 Å². The van der Waals surface area contributed by atoms with Crippen molar-refractivity contribution >= 4 is 5.71 Å². The lowest BCUT2D eigenvalue weighted by Crippen LogP contribution is -2.50. The summed E-state index contributed by atoms with van der Waals surface area (Å²) < 4.78 is 0. The molecule has 0 unspecified atom stereocenters. The van der Waals surface area contributed by atoms with Gasteiger partial charge in [-0.2, -0.15) is 0 Å². The van der Waals surface area contributed by atoms with E-state index in [-0.39, 0.29) is 5.41 Å². The second kappa shape index (κ2) is 7.89. The molecule has 7 atom stereocenters. The van der Waals surface area contributed by atoms with Crippen molar-refractivity contribution in [2.75, 3.05) is 0 Å². The maximum Gasteiger partial charge on any atom is 0.102 e. The molecular formula is C27H43NO. The minimum Gasteiger partial charge on any atom is -0.410 e. The molecule has 0 bridgehead atoms. The van der Waals surface area contributed by atoms with Gasteiger partial charge in [-0.1, -0.05) is 70.7 Å². The highest BCUT2D eigenvalue weighted by molar-refractivity contribution is 6.05. The van der Waals surface area contributed by atoms with Gasteiger partial charge in [0.2, 0.25) is 0 Å². The minimum absolute atomic E-state index is 0.180. The standard InChI is InChI=1S/C27H43NO/c1-18(2)7-6-8-19(3)23-11-12-24-22-10-9-20-17-21(28-29)13-15-26(20,4)25(22)14-16-27(23,24)5/h13,15,17-19,22-25,29H,6-12,14,16H2,1-5H3/b28-21+/t19-,22+,23-,24+,25+,26+,27-/m1/s1. The van der Waals surface area contributed by atoms with E-state index in [1.165, 1.54) is 63.4 Å². The van der Waals surface area contributed by atoms with E-state index >= 15 is 0 Å². The third kappa shape index (κ3) is 3.53. The molecule has 0 radical (unpaired) electrons. The van der Waals surface area contributed by atoms with Gasteiger partial charge in [-0.15, -0.1) is 0 Å². The SMILES string of the molecule is CC(C)CCC[C@@H](C)[C@H]1CC[C@H]2[C@@H]3CCC4=C/C(=N/O)C=C[C@]4(C)[C@H]3CC[C@]12C. The second-order valence-corrected chi connectivity index (χ2v) is 11.8. The molecule has 0 heterocycles. The topological polar surface area (TPSA) is 32.6 Å². The normalized spacial score (nSPS) is 43.7. The van der Waals surface area contributed by atoms with E-state index in [1.807, 2.05) is 6.08 Å². The summed E-state index contributed by atoms with van der Waals surface area (Å²) in [5, 5.41) is 12.7. The van der Waals surface area contributed by atoms with Gasteiger partial charge in [0.15, 0.2) is 0 Å². The molecule has 4 aliphatic carbocycles. The van der Waals surface area contributed by atoms with Crippen molar-refractivity contribution in [1.29, 1.82) is 0 Å². The lowest BCUT2D eigenvalue weighted by atomic mass is 9.47. The van der Waals surface area contributed by atoms with Gasteiger partial charge in [0.1, 0.15) is 5.71 Å². The van der Waals surface area contributed by atoms with Crippen molar-refractivity contribution in [3.05, 3.63) is 23.8 Å². The van der Waals surface area contributed by atoms with Crippen LogP contribution in [0.25, 0.3) is 0 Å². The second-order valence-electron chi connectivity index (χ2n) is 11.8. The number of rotatable bonds is 5. The van der Waals surface area contributed by atoms with Crippen molar-refractivity contribution in [2.24, 2.45) is 51.5 Å². The molecule has 4 aliphatic rings. The Bertz CT molecular complexity index is 703. The molecule has 3 fully saturated rings. The zero-order chi connectivity index (χ0) is 20.8. The predicted molar refractivity (Wildman–Crippen MR) is 122 cm³/mol. The van der Waals surface area contributed by atoms with E-state index in [9.17, 15) is 5.21 Å². The lowest BCUT2D eigenvalue weighted by molar-refractivity contribution is -0.0434. The maximum absolute atomic E-state index is 9.22. The molecule has 0 aliphatic heterocycles. The predicted octanol–water partition coefficient (Wildman–Crippen LogP) is 7.63. The number of hydrogen-bond acceptors (Lipinski definition) is 2. The van der Waals surface area contributed by atoms with Crippen LogP contribution in [0.1, 0.15) is 92.4 Å². The van der Waals surface area contributed by atoms with Gasteiger partial charge in [0.25, 0.3) is 0 Å². The lowest BCUT2D eigenvalue weighted by Gasteiger charge is -2.57. The first kappa shape index (κ1) is 21.2. The number of allylic oxidation sites excluding steroid dienone is 4. The number of hydrogen-bond donors (Lipinski definition) is 1. The molecule has 0 saturated heterocycles. The van der Waals surface area contributed by atoms with Crippen LogP contribution in [0.3, 0.4) is 0 Å². The van der Waals surface area contributed by atoms with Gasteiger partial charge < -0.3 is 5.21 Å². The van der Waals surface area contributed by atoms with Crippen molar-refractivity contribution in [3.8, 4) is 0 Å². The summed E-state index contributed by atoms with van der Waals surface area (Å²) in [5.74, 6) is 5.22. The highest BCUT2D eigenvalue weighted by atomic mass is 16.4. The summed E-state index contributed by atoms with van der Waals surface area (Å²) in [6, 6.07) is 0. The van der Waals surface area contributed by atoms with Gasteiger partial charge in [0, 0.05) is 5.41 Å². The zero-order valence-electron chi connectivity index (χ0n) is 19.5. The molecule has 4 rings (SSSR count). The largest absolute Gasteiger partial charge is 0.410 e. The van der Waals surface area contributed by atoms with Crippen molar-refractivity contribution in [3.63, 3.8) is 0 Å². The smallest absolute Gasteiger partial charge is 0.102 e. The van der Waals surface area contributed by atoms with Crippen LogP contribution in [0.15, 0.2) is 29.0 Å². The van der Waals surface area contributed by atoms with Crippen LogP contribution in [0, 0.1) is 46.3 Å². The van der Waals surface area contributed by atoms with Gasteiger partial charge in [-0.05, 0) is 91.6 Å². The minimum atomic E-state index is 0.180. The molecule has 162 valence electrons. The molecule has 0 amide bonds. The Balaban J connectivity index is 1.50. The van der Waals surface area contributed by atoms with Crippen LogP contribution in [0.5, 0.6) is 0 Å². The van der Waals surface area contributed by atoms with Gasteiger partial charge in [0.05, 0.1) is 0 Å². The van der Waals surface area contributed by atoms with Crippen molar-refractivity contribution < 1.29 is 5.21 Å². The van der Waals surface area contributed by atoms with Gasteiger partial charge in [-0.3, -0.25) is 0 Å². The Morgan fingerprint density at radius 1 is 1.07 bits per heavy atom. The number of fused-ring (bicyclic) bond motifs is 5. The molecule has 1 N–H and O–H groups in total. The first-order valence-electron chi connectivity index (χ1n) is 12.4. The summed E-state index contributed by atoms with van der Waals surface area (Å²) in [6.07, 6.45) is 19.0. The van der Waals surface area contributed by atoms with Crippen LogP contribution < -0.4 is 0 Å². The van der Waals surface area contributed by atoms with Crippen LogP contribution in [0.4, 0.5) is 0 Å². The molecule has 2 nitrogen and oxygen atoms in total. The maximum atomic E-state index is 9.22. The molecule has 3 saturated carbocycles. The first-order chi connectivity index (χ1) is 13.8. The third-order valence-corrected chi connectivity index (χ3v) is 9.89. The fourth-order valence-corrected chi connectivity index (χ4v) is 8.29. The van der Waals surface area contributed by atoms with Crippen LogP contribution in [-0.4, -0.2) is 10.9 Å². The summed E-state index contributed by atoms with van der Waals surface area (Å²) in [4.78, 5) is 0. The highest BCUT2D eigenvalue weighted by Gasteiger charge is 2.58. The van der Waals surface area contributed by atoms with Gasteiger partial charge >= 0.3 is 0 Å². The fourth-order valence-electron chi connectivity index (χ4n) is 8.29. The van der Waals surface area contributed by atoms with Crippen molar-refractivity contribution in [1.82, 2.24) is 0 Å². The van der Waals surface area contributed by atoms with E-state index in [1.54, 1.807) is 0 Å². The summed E-state index contributed by atoms with van der Waals surface area (Å²) in [7, 11) is 0. The monoisotopic (exact) mass is 397 g/mol. The molecule has 2 heteroatoms. The number of nitrogens with zero attached hydrogens (tertiary/aromatic N) is 1. The Labute approximate surface area is 178 Å². The summed E-state index contributed by atoms with van der Waals surface area (Å²) >= 11 is 0. The molecule has 0 aromatic rings. The molecule has 29 heavy (non-hydrogen) atoms. The Morgan fingerprint density at radius 3 is 2.59 bits per heavy atom. The van der Waals surface area contributed by atoms with Crippen molar-refractivity contribution in [2.45, 2.75) is 92.4 Å². The average Bonchev–Trinajstić information content (AvgIpc) is 3.04. The van der Waals surface area contributed by atoms with E-state index in [0.717, 1.165) is 41.2 Å². The Hall–Kier alpha value is -1.05.